The van der Waals surface area contributed by atoms with Gasteiger partial charge in [-0.3, -0.25) is 19.3 Å². The van der Waals surface area contributed by atoms with E-state index >= 15 is 0 Å². The van der Waals surface area contributed by atoms with Crippen LogP contribution in [0.2, 0.25) is 0 Å². The molecule has 0 saturated carbocycles. The molecule has 0 aromatic rings. The lowest BCUT2D eigenvalue weighted by Gasteiger charge is -2.23. The minimum Gasteiger partial charge on any atom is -0.480 e. The molecule has 0 radical (unpaired) electrons. The van der Waals surface area contributed by atoms with Crippen molar-refractivity contribution in [3.63, 3.8) is 0 Å². The molecule has 2 unspecified atom stereocenters. The van der Waals surface area contributed by atoms with E-state index in [0.29, 0.717) is 32.2 Å². The van der Waals surface area contributed by atoms with E-state index in [1.54, 1.807) is 0 Å². The molecular weight excluding hydrogens is 329 g/mol. The summed E-state index contributed by atoms with van der Waals surface area (Å²) in [6, 6.07) is -1.67. The zero-order valence-electron chi connectivity index (χ0n) is 13.3. The average molecular weight is 350 g/mol. The first-order valence-corrected chi connectivity index (χ1v) is 7.71. The van der Waals surface area contributed by atoms with Crippen molar-refractivity contribution < 1.29 is 32.7 Å². The van der Waals surface area contributed by atoms with Crippen LogP contribution in [0.4, 0.5) is 13.2 Å². The zero-order valence-corrected chi connectivity index (χ0v) is 13.3. The summed E-state index contributed by atoms with van der Waals surface area (Å²) in [7, 11) is 0. The minimum absolute atomic E-state index is 0.153. The third-order valence-electron chi connectivity index (χ3n) is 3.86. The molecule has 2 atom stereocenters. The number of carboxylic acid groups (broad SMARTS) is 1. The number of carbonyl (C=O) groups excluding carboxylic acids is 2. The highest BCUT2D eigenvalue weighted by atomic mass is 19.4. The van der Waals surface area contributed by atoms with Crippen LogP contribution in [0.15, 0.2) is 12.2 Å². The first-order chi connectivity index (χ1) is 11.1. The van der Waals surface area contributed by atoms with E-state index in [9.17, 15) is 27.6 Å². The molecule has 0 bridgehead atoms. The van der Waals surface area contributed by atoms with E-state index in [-0.39, 0.29) is 18.4 Å². The number of carbonyl (C=O) groups is 3. The number of amides is 2. The molecule has 9 heteroatoms. The quantitative estimate of drug-likeness (QED) is 0.463. The summed E-state index contributed by atoms with van der Waals surface area (Å²) in [6.07, 6.45) is 0.294. The average Bonchev–Trinajstić information content (AvgIpc) is 2.79. The molecule has 6 nitrogen and oxygen atoms in total. The van der Waals surface area contributed by atoms with Crippen LogP contribution in [0.3, 0.4) is 0 Å². The molecule has 136 valence electrons. The van der Waals surface area contributed by atoms with E-state index in [4.69, 9.17) is 5.11 Å². The van der Waals surface area contributed by atoms with Crippen molar-refractivity contribution >= 4 is 17.8 Å². The molecule has 1 heterocycles. The maximum Gasteiger partial charge on any atom is 0.393 e. The normalized spacial score (nSPS) is 17.4. The van der Waals surface area contributed by atoms with Crippen molar-refractivity contribution in [1.82, 2.24) is 10.2 Å². The lowest BCUT2D eigenvalue weighted by molar-refractivity contribution is -0.185. The van der Waals surface area contributed by atoms with Gasteiger partial charge in [0.15, 0.2) is 0 Å². The number of nitrogens with one attached hydrogen (secondary N) is 1. The second-order valence-corrected chi connectivity index (χ2v) is 5.68. The number of aliphatic carboxylic acids is 1. The van der Waals surface area contributed by atoms with Gasteiger partial charge in [0.1, 0.15) is 6.04 Å². The third kappa shape index (κ3) is 5.95. The van der Waals surface area contributed by atoms with Crippen molar-refractivity contribution in [3.05, 3.63) is 12.2 Å². The molecule has 1 rings (SSSR count). The molecule has 0 saturated heterocycles. The Morgan fingerprint density at radius 2 is 1.71 bits per heavy atom. The van der Waals surface area contributed by atoms with Crippen molar-refractivity contribution in [2.24, 2.45) is 5.92 Å². The Kier molecular flexibility index (Phi) is 7.40. The van der Waals surface area contributed by atoms with Gasteiger partial charge in [0, 0.05) is 18.7 Å². The van der Waals surface area contributed by atoms with E-state index in [1.807, 2.05) is 0 Å². The highest BCUT2D eigenvalue weighted by Gasteiger charge is 2.44. The number of halogens is 3. The van der Waals surface area contributed by atoms with Crippen molar-refractivity contribution in [2.45, 2.75) is 44.8 Å². The maximum atomic E-state index is 12.6. The van der Waals surface area contributed by atoms with Crippen LogP contribution in [0.5, 0.6) is 0 Å². The second-order valence-electron chi connectivity index (χ2n) is 5.68. The first kappa shape index (κ1) is 20.1. The number of nitrogens with zero attached hydrogens (tertiary/aromatic N) is 1. The molecule has 0 aliphatic carbocycles. The molecule has 0 aromatic heterocycles. The van der Waals surface area contributed by atoms with Gasteiger partial charge in [-0.1, -0.05) is 19.8 Å². The van der Waals surface area contributed by atoms with Crippen molar-refractivity contribution in [2.75, 3.05) is 13.1 Å². The Hall–Kier alpha value is -1.90. The number of rotatable bonds is 10. The van der Waals surface area contributed by atoms with E-state index in [0.717, 1.165) is 11.8 Å². The van der Waals surface area contributed by atoms with Crippen molar-refractivity contribution in [3.8, 4) is 0 Å². The molecule has 2 amide bonds. The molecule has 1 aliphatic heterocycles. The van der Waals surface area contributed by atoms with E-state index < -0.39 is 24.1 Å². The fourth-order valence-electron chi connectivity index (χ4n) is 2.32. The van der Waals surface area contributed by atoms with Gasteiger partial charge in [0.25, 0.3) is 11.8 Å². The minimum atomic E-state index is -4.57. The van der Waals surface area contributed by atoms with Crippen LogP contribution in [0.1, 0.15) is 32.6 Å². The van der Waals surface area contributed by atoms with Gasteiger partial charge in [0.05, 0.1) is 5.92 Å². The molecule has 0 spiro atoms. The van der Waals surface area contributed by atoms with Gasteiger partial charge in [-0.25, -0.2) is 0 Å². The molecule has 0 fully saturated rings. The third-order valence-corrected chi connectivity index (χ3v) is 3.86. The zero-order chi connectivity index (χ0) is 18.3. The summed E-state index contributed by atoms with van der Waals surface area (Å²) in [5, 5.41) is 11.3. The summed E-state index contributed by atoms with van der Waals surface area (Å²) < 4.78 is 37.7. The molecule has 0 aromatic carbocycles. The van der Waals surface area contributed by atoms with Gasteiger partial charge in [-0.2, -0.15) is 13.2 Å². The van der Waals surface area contributed by atoms with Crippen LogP contribution >= 0.6 is 0 Å². The van der Waals surface area contributed by atoms with Crippen LogP contribution in [-0.2, 0) is 14.4 Å². The van der Waals surface area contributed by atoms with Gasteiger partial charge in [-0.05, 0) is 19.4 Å². The molecular formula is C15H21F3N2O4. The molecule has 1 aliphatic rings. The summed E-state index contributed by atoms with van der Waals surface area (Å²) in [6.45, 7) is 1.30. The predicted octanol–water partition coefficient (Wildman–Crippen LogP) is 1.71. The maximum absolute atomic E-state index is 12.6. The number of carboxylic acids is 1. The number of imide groups is 1. The van der Waals surface area contributed by atoms with Crippen LogP contribution in [0, 0.1) is 5.92 Å². The van der Waals surface area contributed by atoms with Gasteiger partial charge < -0.3 is 10.4 Å². The number of unbranched alkanes of at least 4 members (excludes halogenated alkanes) is 3. The Morgan fingerprint density at radius 3 is 2.21 bits per heavy atom. The standard InChI is InChI=1S/C15H21F3N2O4/c1-10(15(16,17)18)13(14(23)24)19-8-4-2-3-5-9-20-11(21)6-7-12(20)22/h6-7,10,13,19H,2-5,8-9H2,1H3,(H,23,24). The van der Waals surface area contributed by atoms with Crippen LogP contribution in [0.25, 0.3) is 0 Å². The Bertz CT molecular complexity index is 487. The molecule has 2 N–H and O–H groups in total. The topological polar surface area (TPSA) is 86.7 Å². The van der Waals surface area contributed by atoms with Gasteiger partial charge in [-0.15, -0.1) is 0 Å². The first-order valence-electron chi connectivity index (χ1n) is 7.71. The largest absolute Gasteiger partial charge is 0.480 e. The van der Waals surface area contributed by atoms with E-state index in [2.05, 4.69) is 5.32 Å². The fraction of sp³-hybridized carbons (Fsp3) is 0.667. The monoisotopic (exact) mass is 350 g/mol. The Balaban J connectivity index is 2.19. The van der Waals surface area contributed by atoms with Crippen LogP contribution < -0.4 is 5.32 Å². The Morgan fingerprint density at radius 1 is 1.17 bits per heavy atom. The summed E-state index contributed by atoms with van der Waals surface area (Å²) in [5.74, 6) is -4.19. The number of alkyl halides is 3. The van der Waals surface area contributed by atoms with Crippen molar-refractivity contribution in [1.29, 1.82) is 0 Å². The highest BCUT2D eigenvalue weighted by Crippen LogP contribution is 2.28. The SMILES string of the molecule is CC(C(NCCCCCCN1C(=O)C=CC1=O)C(=O)O)C(F)(F)F. The smallest absolute Gasteiger partial charge is 0.393 e. The van der Waals surface area contributed by atoms with Crippen LogP contribution in [-0.4, -0.2) is 53.1 Å². The lowest BCUT2D eigenvalue weighted by Crippen LogP contribution is -2.47. The van der Waals surface area contributed by atoms with E-state index in [1.165, 1.54) is 12.2 Å². The Labute approximate surface area is 137 Å². The predicted molar refractivity (Wildman–Crippen MR) is 79.0 cm³/mol. The van der Waals surface area contributed by atoms with Gasteiger partial charge in [0.2, 0.25) is 0 Å². The molecule has 24 heavy (non-hydrogen) atoms. The lowest BCUT2D eigenvalue weighted by atomic mass is 10.0. The fourth-order valence-corrected chi connectivity index (χ4v) is 2.32. The number of hydrogen-bond acceptors (Lipinski definition) is 4. The highest BCUT2D eigenvalue weighted by molar-refractivity contribution is 6.12. The summed E-state index contributed by atoms with van der Waals surface area (Å²) >= 11 is 0. The van der Waals surface area contributed by atoms with Gasteiger partial charge >= 0.3 is 12.1 Å². The number of hydrogen-bond donors (Lipinski definition) is 2. The summed E-state index contributed by atoms with van der Waals surface area (Å²) in [5.41, 5.74) is 0. The second kappa shape index (κ2) is 8.81. The summed E-state index contributed by atoms with van der Waals surface area (Å²) in [4.78, 5) is 34.6.